The number of aryl methyl sites for hydroxylation is 2. The zero-order valence-electron chi connectivity index (χ0n) is 16.3. The molecule has 0 aliphatic carbocycles. The first-order valence-corrected chi connectivity index (χ1v) is 9.13. The highest BCUT2D eigenvalue weighted by Gasteiger charge is 2.10. The van der Waals surface area contributed by atoms with Crippen LogP contribution in [0.15, 0.2) is 54.9 Å². The molecule has 0 spiro atoms. The molecule has 6 nitrogen and oxygen atoms in total. The van der Waals surface area contributed by atoms with Crippen molar-refractivity contribution in [1.29, 1.82) is 0 Å². The predicted octanol–water partition coefficient (Wildman–Crippen LogP) is 3.82. The minimum atomic E-state index is -0.222. The number of anilines is 2. The molecule has 2 N–H and O–H groups in total. The van der Waals surface area contributed by atoms with E-state index in [0.29, 0.717) is 18.1 Å². The van der Waals surface area contributed by atoms with Crippen LogP contribution in [0.3, 0.4) is 0 Å². The number of ether oxygens (including phenoxy) is 1. The lowest BCUT2D eigenvalue weighted by Crippen LogP contribution is -2.26. The molecule has 0 atom stereocenters. The Hall–Kier alpha value is -3.41. The lowest BCUT2D eigenvalue weighted by Gasteiger charge is -2.12. The largest absolute Gasteiger partial charge is 0.497 e. The molecule has 28 heavy (non-hydrogen) atoms. The van der Waals surface area contributed by atoms with Crippen LogP contribution in [0, 0.1) is 13.8 Å². The Morgan fingerprint density at radius 1 is 1.04 bits per heavy atom. The Morgan fingerprint density at radius 2 is 1.75 bits per heavy atom. The van der Waals surface area contributed by atoms with Gasteiger partial charge in [0.2, 0.25) is 0 Å². The van der Waals surface area contributed by atoms with Gasteiger partial charge in [0.15, 0.2) is 0 Å². The summed E-state index contributed by atoms with van der Waals surface area (Å²) in [5.41, 5.74) is 4.68. The topological polar surface area (TPSA) is 76.1 Å². The lowest BCUT2D eigenvalue weighted by atomic mass is 10.1. The number of rotatable bonds is 7. The Morgan fingerprint density at radius 3 is 2.43 bits per heavy atom. The van der Waals surface area contributed by atoms with Gasteiger partial charge in [0, 0.05) is 18.3 Å². The summed E-state index contributed by atoms with van der Waals surface area (Å²) in [4.78, 5) is 20.7. The lowest BCUT2D eigenvalue weighted by molar-refractivity contribution is 0.0949. The fraction of sp³-hybridized carbons (Fsp3) is 0.227. The van der Waals surface area contributed by atoms with E-state index in [1.165, 1.54) is 6.33 Å². The molecule has 3 rings (SSSR count). The fourth-order valence-corrected chi connectivity index (χ4v) is 2.89. The van der Waals surface area contributed by atoms with Crippen molar-refractivity contribution in [2.75, 3.05) is 19.0 Å². The number of nitrogens with zero attached hydrogens (tertiary/aromatic N) is 2. The molecule has 0 radical (unpaired) electrons. The van der Waals surface area contributed by atoms with Gasteiger partial charge in [-0.2, -0.15) is 0 Å². The summed E-state index contributed by atoms with van der Waals surface area (Å²) in [6, 6.07) is 15.5. The maximum atomic E-state index is 12.4. The number of aromatic nitrogens is 2. The number of carbonyl (C=O) groups is 1. The maximum Gasteiger partial charge on any atom is 0.270 e. The van der Waals surface area contributed by atoms with Crippen LogP contribution in [0.1, 0.15) is 27.2 Å². The van der Waals surface area contributed by atoms with Gasteiger partial charge < -0.3 is 15.4 Å². The molecule has 2 aromatic carbocycles. The fourth-order valence-electron chi connectivity index (χ4n) is 2.89. The van der Waals surface area contributed by atoms with E-state index < -0.39 is 0 Å². The normalized spacial score (nSPS) is 10.4. The third kappa shape index (κ3) is 4.85. The number of methoxy groups -OCH3 is 1. The van der Waals surface area contributed by atoms with Crippen LogP contribution in [0.2, 0.25) is 0 Å². The molecule has 0 unspecified atom stereocenters. The SMILES string of the molecule is COc1ccc(CCNC(=O)c2cc(Nc3c(C)cccc3C)ncn2)cc1. The van der Waals surface area contributed by atoms with Gasteiger partial charge in [-0.3, -0.25) is 4.79 Å². The van der Waals surface area contributed by atoms with E-state index >= 15 is 0 Å². The Kier molecular flexibility index (Phi) is 6.22. The Bertz CT molecular complexity index is 935. The third-order valence-electron chi connectivity index (χ3n) is 4.49. The molecule has 0 saturated carbocycles. The summed E-state index contributed by atoms with van der Waals surface area (Å²) in [6.07, 6.45) is 2.13. The molecule has 6 heteroatoms. The van der Waals surface area contributed by atoms with Gasteiger partial charge in [-0.15, -0.1) is 0 Å². The van der Waals surface area contributed by atoms with Crippen molar-refractivity contribution in [3.63, 3.8) is 0 Å². The van der Waals surface area contributed by atoms with E-state index in [4.69, 9.17) is 4.74 Å². The summed E-state index contributed by atoms with van der Waals surface area (Å²) in [6.45, 7) is 4.58. The first-order chi connectivity index (χ1) is 13.6. The predicted molar refractivity (Wildman–Crippen MR) is 110 cm³/mol. The van der Waals surface area contributed by atoms with Crippen molar-refractivity contribution >= 4 is 17.4 Å². The quantitative estimate of drug-likeness (QED) is 0.656. The highest BCUT2D eigenvalue weighted by molar-refractivity contribution is 5.93. The van der Waals surface area contributed by atoms with E-state index in [2.05, 4.69) is 20.6 Å². The molecule has 1 heterocycles. The second kappa shape index (κ2) is 8.99. The molecule has 3 aromatic rings. The molecular formula is C22H24N4O2. The monoisotopic (exact) mass is 376 g/mol. The number of benzene rings is 2. The van der Waals surface area contributed by atoms with Gasteiger partial charge in [-0.25, -0.2) is 9.97 Å². The van der Waals surface area contributed by atoms with Crippen LogP contribution in [0.4, 0.5) is 11.5 Å². The summed E-state index contributed by atoms with van der Waals surface area (Å²) in [5, 5.41) is 6.19. The zero-order valence-corrected chi connectivity index (χ0v) is 16.3. The van der Waals surface area contributed by atoms with Gasteiger partial charge in [0.25, 0.3) is 5.91 Å². The third-order valence-corrected chi connectivity index (χ3v) is 4.49. The van der Waals surface area contributed by atoms with Crippen molar-refractivity contribution in [1.82, 2.24) is 15.3 Å². The second-order valence-corrected chi connectivity index (χ2v) is 6.53. The number of carbonyl (C=O) groups excluding carboxylic acids is 1. The van der Waals surface area contributed by atoms with Crippen LogP contribution in [0.5, 0.6) is 5.75 Å². The van der Waals surface area contributed by atoms with Crippen molar-refractivity contribution in [3.8, 4) is 5.75 Å². The molecular weight excluding hydrogens is 352 g/mol. The number of para-hydroxylation sites is 1. The van der Waals surface area contributed by atoms with Crippen molar-refractivity contribution in [3.05, 3.63) is 77.2 Å². The van der Waals surface area contributed by atoms with Gasteiger partial charge in [0.1, 0.15) is 23.6 Å². The van der Waals surface area contributed by atoms with Crippen LogP contribution in [0.25, 0.3) is 0 Å². The van der Waals surface area contributed by atoms with Crippen molar-refractivity contribution in [2.24, 2.45) is 0 Å². The van der Waals surface area contributed by atoms with Crippen molar-refractivity contribution < 1.29 is 9.53 Å². The number of nitrogens with one attached hydrogen (secondary N) is 2. The second-order valence-electron chi connectivity index (χ2n) is 6.53. The van der Waals surface area contributed by atoms with Crippen LogP contribution in [-0.4, -0.2) is 29.5 Å². The first kappa shape index (κ1) is 19.4. The molecule has 0 bridgehead atoms. The Balaban J connectivity index is 1.60. The van der Waals surface area contributed by atoms with Crippen LogP contribution >= 0.6 is 0 Å². The standard InChI is InChI=1S/C22H24N4O2/c1-15-5-4-6-16(2)21(15)26-20-13-19(24-14-25-20)22(27)23-12-11-17-7-9-18(28-3)10-8-17/h4-10,13-14H,11-12H2,1-3H3,(H,23,27)(H,24,25,26). The minimum absolute atomic E-state index is 0.222. The van der Waals surface area contributed by atoms with E-state index in [1.807, 2.05) is 56.3 Å². The van der Waals surface area contributed by atoms with E-state index in [1.54, 1.807) is 13.2 Å². The number of hydrogen-bond donors (Lipinski definition) is 2. The molecule has 0 aliphatic rings. The van der Waals surface area contributed by atoms with Crippen LogP contribution in [-0.2, 0) is 6.42 Å². The molecule has 0 aliphatic heterocycles. The van der Waals surface area contributed by atoms with Gasteiger partial charge in [0.05, 0.1) is 7.11 Å². The summed E-state index contributed by atoms with van der Waals surface area (Å²) in [5.74, 6) is 1.19. The van der Waals surface area contributed by atoms with Gasteiger partial charge in [-0.05, 0) is 49.1 Å². The Labute approximate surface area is 165 Å². The first-order valence-electron chi connectivity index (χ1n) is 9.13. The minimum Gasteiger partial charge on any atom is -0.497 e. The van der Waals surface area contributed by atoms with E-state index in [9.17, 15) is 4.79 Å². The van der Waals surface area contributed by atoms with Gasteiger partial charge >= 0.3 is 0 Å². The highest BCUT2D eigenvalue weighted by atomic mass is 16.5. The zero-order chi connectivity index (χ0) is 19.9. The maximum absolute atomic E-state index is 12.4. The van der Waals surface area contributed by atoms with Crippen molar-refractivity contribution in [2.45, 2.75) is 20.3 Å². The molecule has 1 aromatic heterocycles. The number of amides is 1. The van der Waals surface area contributed by atoms with E-state index in [0.717, 1.165) is 34.5 Å². The van der Waals surface area contributed by atoms with E-state index in [-0.39, 0.29) is 5.91 Å². The van der Waals surface area contributed by atoms with Crippen LogP contribution < -0.4 is 15.4 Å². The summed E-state index contributed by atoms with van der Waals surface area (Å²) >= 11 is 0. The number of hydrogen-bond acceptors (Lipinski definition) is 5. The average Bonchev–Trinajstić information content (AvgIpc) is 2.71. The molecule has 0 fully saturated rings. The molecule has 1 amide bonds. The highest BCUT2D eigenvalue weighted by Crippen LogP contribution is 2.23. The molecule has 0 saturated heterocycles. The smallest absolute Gasteiger partial charge is 0.270 e. The summed E-state index contributed by atoms with van der Waals surface area (Å²) < 4.78 is 5.15. The van der Waals surface area contributed by atoms with Gasteiger partial charge in [-0.1, -0.05) is 30.3 Å². The molecule has 144 valence electrons. The average molecular weight is 376 g/mol. The summed E-state index contributed by atoms with van der Waals surface area (Å²) in [7, 11) is 1.64.